The van der Waals surface area contributed by atoms with Gasteiger partial charge in [0.15, 0.2) is 6.29 Å². The van der Waals surface area contributed by atoms with Crippen molar-refractivity contribution in [2.45, 2.75) is 6.29 Å². The quantitative estimate of drug-likeness (QED) is 0.141. The standard InChI is InChI=1S/C14H25N3O10/c18-10(19)5-15(1-3-16(6-11(20)21)7-12(22)23)2-4-17(8-13(24)25)9-14(26)27/h11,20-21H,1-9H2,(H,18,19)(H,22,23)(H,24,25)(H,26,27). The number of carboxylic acid groups (broad SMARTS) is 4. The molecule has 0 bridgehead atoms. The van der Waals surface area contributed by atoms with Gasteiger partial charge < -0.3 is 30.6 Å². The van der Waals surface area contributed by atoms with E-state index in [9.17, 15) is 19.2 Å². The molecule has 0 aromatic heterocycles. The molecular formula is C14H25N3O10. The Balaban J connectivity index is 4.82. The second-order valence-corrected chi connectivity index (χ2v) is 5.78. The summed E-state index contributed by atoms with van der Waals surface area (Å²) in [5.41, 5.74) is 0. The number of carboxylic acids is 4. The minimum absolute atomic E-state index is 0.00899. The predicted molar refractivity (Wildman–Crippen MR) is 88.1 cm³/mol. The molecule has 0 aliphatic heterocycles. The summed E-state index contributed by atoms with van der Waals surface area (Å²) in [4.78, 5) is 47.0. The van der Waals surface area contributed by atoms with Crippen molar-refractivity contribution in [3.8, 4) is 0 Å². The maximum Gasteiger partial charge on any atom is 0.317 e. The Kier molecular flexibility index (Phi) is 11.8. The van der Waals surface area contributed by atoms with Crippen molar-refractivity contribution in [2.75, 3.05) is 58.9 Å². The van der Waals surface area contributed by atoms with Gasteiger partial charge in [-0.3, -0.25) is 33.9 Å². The molecule has 0 rings (SSSR count). The topological polar surface area (TPSA) is 199 Å². The summed E-state index contributed by atoms with van der Waals surface area (Å²) < 4.78 is 0. The van der Waals surface area contributed by atoms with Crippen molar-refractivity contribution in [1.29, 1.82) is 0 Å². The third-order valence-corrected chi connectivity index (χ3v) is 3.32. The summed E-state index contributed by atoms with van der Waals surface area (Å²) in [5, 5.41) is 53.4. The molecule has 0 aromatic carbocycles. The van der Waals surface area contributed by atoms with Gasteiger partial charge in [0.1, 0.15) is 0 Å². The Morgan fingerprint density at radius 1 is 0.556 bits per heavy atom. The Labute approximate surface area is 154 Å². The van der Waals surface area contributed by atoms with Crippen LogP contribution in [0.15, 0.2) is 0 Å². The van der Waals surface area contributed by atoms with Crippen LogP contribution in [0, 0.1) is 0 Å². The van der Waals surface area contributed by atoms with Crippen LogP contribution in [0.1, 0.15) is 0 Å². The Hall–Kier alpha value is -2.32. The number of aliphatic carboxylic acids is 4. The molecule has 0 heterocycles. The van der Waals surface area contributed by atoms with Gasteiger partial charge in [0.25, 0.3) is 0 Å². The largest absolute Gasteiger partial charge is 0.480 e. The van der Waals surface area contributed by atoms with Crippen LogP contribution in [0.5, 0.6) is 0 Å². The number of aliphatic hydroxyl groups excluding tert-OH is 1. The highest BCUT2D eigenvalue weighted by molar-refractivity contribution is 5.72. The first-order valence-corrected chi connectivity index (χ1v) is 7.90. The van der Waals surface area contributed by atoms with Gasteiger partial charge in [0.05, 0.1) is 26.2 Å². The highest BCUT2D eigenvalue weighted by atomic mass is 16.5. The van der Waals surface area contributed by atoms with Crippen LogP contribution in [0.25, 0.3) is 0 Å². The number of rotatable bonds is 16. The van der Waals surface area contributed by atoms with Crippen LogP contribution >= 0.6 is 0 Å². The number of aliphatic hydroxyl groups is 2. The number of hydrogen-bond acceptors (Lipinski definition) is 9. The first-order valence-electron chi connectivity index (χ1n) is 7.90. The van der Waals surface area contributed by atoms with Crippen LogP contribution in [-0.4, -0.2) is 134 Å². The molecule has 13 heteroatoms. The number of nitrogens with zero attached hydrogens (tertiary/aromatic N) is 3. The fourth-order valence-corrected chi connectivity index (χ4v) is 2.28. The van der Waals surface area contributed by atoms with Gasteiger partial charge in [0, 0.05) is 32.7 Å². The third-order valence-electron chi connectivity index (χ3n) is 3.32. The van der Waals surface area contributed by atoms with E-state index in [0.29, 0.717) is 0 Å². The van der Waals surface area contributed by atoms with E-state index >= 15 is 0 Å². The zero-order valence-corrected chi connectivity index (χ0v) is 14.6. The molecular weight excluding hydrogens is 370 g/mol. The van der Waals surface area contributed by atoms with E-state index in [1.165, 1.54) is 9.80 Å². The molecule has 0 spiro atoms. The Morgan fingerprint density at radius 3 is 1.22 bits per heavy atom. The molecule has 0 radical (unpaired) electrons. The van der Waals surface area contributed by atoms with E-state index in [-0.39, 0.29) is 32.7 Å². The van der Waals surface area contributed by atoms with Crippen LogP contribution in [-0.2, 0) is 19.2 Å². The van der Waals surface area contributed by atoms with Crippen molar-refractivity contribution in [3.63, 3.8) is 0 Å². The van der Waals surface area contributed by atoms with Crippen molar-refractivity contribution < 1.29 is 49.8 Å². The molecule has 156 valence electrons. The lowest BCUT2D eigenvalue weighted by Crippen LogP contribution is -2.45. The monoisotopic (exact) mass is 395 g/mol. The van der Waals surface area contributed by atoms with E-state index < -0.39 is 56.3 Å². The molecule has 0 aliphatic rings. The fourth-order valence-electron chi connectivity index (χ4n) is 2.28. The minimum Gasteiger partial charge on any atom is -0.480 e. The molecule has 13 nitrogen and oxygen atoms in total. The van der Waals surface area contributed by atoms with Crippen molar-refractivity contribution in [1.82, 2.24) is 14.7 Å². The van der Waals surface area contributed by atoms with Crippen molar-refractivity contribution in [3.05, 3.63) is 0 Å². The molecule has 0 atom stereocenters. The average Bonchev–Trinajstić information content (AvgIpc) is 2.46. The lowest BCUT2D eigenvalue weighted by atomic mass is 10.3. The summed E-state index contributed by atoms with van der Waals surface area (Å²) in [6.07, 6.45) is -1.76. The van der Waals surface area contributed by atoms with Crippen LogP contribution in [0.2, 0.25) is 0 Å². The highest BCUT2D eigenvalue weighted by Crippen LogP contribution is 1.98. The predicted octanol–water partition coefficient (Wildman–Crippen LogP) is -3.46. The van der Waals surface area contributed by atoms with Crippen molar-refractivity contribution >= 4 is 23.9 Å². The summed E-state index contributed by atoms with van der Waals surface area (Å²) in [6.45, 7) is -2.29. The molecule has 0 unspecified atom stereocenters. The molecule has 0 fully saturated rings. The first-order chi connectivity index (χ1) is 12.5. The Bertz CT molecular complexity index is 497. The average molecular weight is 395 g/mol. The molecule has 0 aromatic rings. The van der Waals surface area contributed by atoms with Gasteiger partial charge >= 0.3 is 23.9 Å². The second kappa shape index (κ2) is 12.9. The van der Waals surface area contributed by atoms with Gasteiger partial charge in [0.2, 0.25) is 0 Å². The maximum atomic E-state index is 11.0. The molecule has 0 amide bonds. The highest BCUT2D eigenvalue weighted by Gasteiger charge is 2.19. The summed E-state index contributed by atoms with van der Waals surface area (Å²) in [5.74, 6) is -4.84. The van der Waals surface area contributed by atoms with Crippen LogP contribution in [0.3, 0.4) is 0 Å². The molecule has 6 N–H and O–H groups in total. The Morgan fingerprint density at radius 2 is 0.852 bits per heavy atom. The normalized spacial score (nSPS) is 11.5. The first kappa shape index (κ1) is 24.7. The van der Waals surface area contributed by atoms with Gasteiger partial charge in [-0.25, -0.2) is 0 Å². The van der Waals surface area contributed by atoms with Gasteiger partial charge in [-0.15, -0.1) is 0 Å². The van der Waals surface area contributed by atoms with Crippen LogP contribution in [0.4, 0.5) is 0 Å². The van der Waals surface area contributed by atoms with Gasteiger partial charge in [-0.1, -0.05) is 0 Å². The van der Waals surface area contributed by atoms with E-state index in [2.05, 4.69) is 0 Å². The zero-order chi connectivity index (χ0) is 21.0. The molecule has 0 saturated heterocycles. The lowest BCUT2D eigenvalue weighted by molar-refractivity contribution is -0.143. The smallest absolute Gasteiger partial charge is 0.317 e. The van der Waals surface area contributed by atoms with E-state index in [0.717, 1.165) is 4.90 Å². The summed E-state index contributed by atoms with van der Waals surface area (Å²) in [7, 11) is 0. The summed E-state index contributed by atoms with van der Waals surface area (Å²) in [6, 6.07) is 0. The lowest BCUT2D eigenvalue weighted by Gasteiger charge is -2.28. The molecule has 0 aliphatic carbocycles. The van der Waals surface area contributed by atoms with E-state index in [1.807, 2.05) is 0 Å². The molecule has 0 saturated carbocycles. The number of carbonyl (C=O) groups is 4. The van der Waals surface area contributed by atoms with Crippen LogP contribution < -0.4 is 0 Å². The second-order valence-electron chi connectivity index (χ2n) is 5.78. The third kappa shape index (κ3) is 14.5. The molecule has 27 heavy (non-hydrogen) atoms. The van der Waals surface area contributed by atoms with E-state index in [4.69, 9.17) is 30.6 Å². The van der Waals surface area contributed by atoms with Gasteiger partial charge in [-0.05, 0) is 0 Å². The zero-order valence-electron chi connectivity index (χ0n) is 14.6. The van der Waals surface area contributed by atoms with E-state index in [1.54, 1.807) is 0 Å². The fraction of sp³-hybridized carbons (Fsp3) is 0.714. The number of hydrogen-bond donors (Lipinski definition) is 6. The van der Waals surface area contributed by atoms with Crippen molar-refractivity contribution in [2.24, 2.45) is 0 Å². The van der Waals surface area contributed by atoms with Gasteiger partial charge in [-0.2, -0.15) is 0 Å². The maximum absolute atomic E-state index is 11.0. The SMILES string of the molecule is O=C(O)CN(CCN(CC(=O)O)CC(=O)O)CCN(CC(=O)O)CC(O)O. The minimum atomic E-state index is -1.76. The summed E-state index contributed by atoms with van der Waals surface area (Å²) >= 11 is 0.